The zero-order valence-corrected chi connectivity index (χ0v) is 22.1. The number of carbonyl (C=O) groups is 2. The molecule has 0 radical (unpaired) electrons. The lowest BCUT2D eigenvalue weighted by Crippen LogP contribution is -2.05. The zero-order valence-electron chi connectivity index (χ0n) is 22.1. The standard InChI is InChI=1S/C29H56O4/c1-2-3-4-5-6-13-17-20-23-26-29(32)33-27-24-21-18-15-12-10-8-7-9-11-14-16-19-22-25-28(30)31/h2-27H2,1H3,(H,30,31). The van der Waals surface area contributed by atoms with Gasteiger partial charge in [-0.05, 0) is 19.3 Å². The summed E-state index contributed by atoms with van der Waals surface area (Å²) < 4.78 is 5.37. The third kappa shape index (κ3) is 28.9. The van der Waals surface area contributed by atoms with Crippen LogP contribution in [0.4, 0.5) is 0 Å². The quantitative estimate of drug-likeness (QED) is 0.0963. The van der Waals surface area contributed by atoms with Crippen molar-refractivity contribution in [1.82, 2.24) is 0 Å². The number of rotatable bonds is 27. The predicted molar refractivity (Wildman–Crippen MR) is 140 cm³/mol. The Bertz CT molecular complexity index is 422. The number of ether oxygens (including phenoxy) is 1. The maximum atomic E-state index is 11.8. The molecule has 0 aromatic rings. The molecule has 4 nitrogen and oxygen atoms in total. The van der Waals surface area contributed by atoms with Crippen molar-refractivity contribution < 1.29 is 19.4 Å². The van der Waals surface area contributed by atoms with Gasteiger partial charge in [0.25, 0.3) is 0 Å². The SMILES string of the molecule is CCCCCCCCCCCC(=O)OCCCCCCCCCCCCCCCCC(=O)O. The van der Waals surface area contributed by atoms with Gasteiger partial charge in [0.15, 0.2) is 0 Å². The molecule has 0 atom stereocenters. The summed E-state index contributed by atoms with van der Waals surface area (Å²) >= 11 is 0. The molecular weight excluding hydrogens is 412 g/mol. The van der Waals surface area contributed by atoms with E-state index in [1.165, 1.54) is 116 Å². The first-order valence-corrected chi connectivity index (χ1v) is 14.5. The molecule has 0 unspecified atom stereocenters. The van der Waals surface area contributed by atoms with Crippen LogP contribution in [0.3, 0.4) is 0 Å². The van der Waals surface area contributed by atoms with Crippen molar-refractivity contribution in [3.63, 3.8) is 0 Å². The van der Waals surface area contributed by atoms with Crippen molar-refractivity contribution in [2.45, 2.75) is 167 Å². The Morgan fingerprint density at radius 1 is 0.485 bits per heavy atom. The second kappa shape index (κ2) is 27.2. The molecule has 0 aliphatic rings. The Morgan fingerprint density at radius 2 is 0.818 bits per heavy atom. The van der Waals surface area contributed by atoms with E-state index >= 15 is 0 Å². The minimum Gasteiger partial charge on any atom is -0.481 e. The normalized spacial score (nSPS) is 11.1. The fourth-order valence-electron chi connectivity index (χ4n) is 4.34. The van der Waals surface area contributed by atoms with Gasteiger partial charge in [0.1, 0.15) is 0 Å². The van der Waals surface area contributed by atoms with Gasteiger partial charge in [-0.1, -0.05) is 135 Å². The van der Waals surface area contributed by atoms with E-state index in [2.05, 4.69) is 6.92 Å². The lowest BCUT2D eigenvalue weighted by atomic mass is 10.0. The minimum atomic E-state index is -0.668. The van der Waals surface area contributed by atoms with Crippen LogP contribution in [0, 0.1) is 0 Å². The summed E-state index contributed by atoms with van der Waals surface area (Å²) in [5.41, 5.74) is 0. The molecule has 0 aliphatic heterocycles. The van der Waals surface area contributed by atoms with Crippen LogP contribution in [0.5, 0.6) is 0 Å². The largest absolute Gasteiger partial charge is 0.481 e. The number of hydrogen-bond acceptors (Lipinski definition) is 3. The van der Waals surface area contributed by atoms with Crippen LogP contribution in [-0.4, -0.2) is 23.7 Å². The lowest BCUT2D eigenvalue weighted by molar-refractivity contribution is -0.144. The third-order valence-corrected chi connectivity index (χ3v) is 6.53. The summed E-state index contributed by atoms with van der Waals surface area (Å²) in [5.74, 6) is -0.670. The van der Waals surface area contributed by atoms with Gasteiger partial charge in [-0.15, -0.1) is 0 Å². The molecule has 1 N–H and O–H groups in total. The van der Waals surface area contributed by atoms with E-state index in [0.717, 1.165) is 32.1 Å². The average Bonchev–Trinajstić information content (AvgIpc) is 2.79. The van der Waals surface area contributed by atoms with Crippen LogP contribution < -0.4 is 0 Å². The van der Waals surface area contributed by atoms with Gasteiger partial charge < -0.3 is 9.84 Å². The van der Waals surface area contributed by atoms with E-state index in [9.17, 15) is 9.59 Å². The smallest absolute Gasteiger partial charge is 0.305 e. The van der Waals surface area contributed by atoms with Crippen LogP contribution in [0.2, 0.25) is 0 Å². The molecule has 0 aromatic carbocycles. The van der Waals surface area contributed by atoms with E-state index < -0.39 is 5.97 Å². The van der Waals surface area contributed by atoms with Crippen LogP contribution >= 0.6 is 0 Å². The molecule has 0 amide bonds. The second-order valence-electron chi connectivity index (χ2n) is 9.89. The van der Waals surface area contributed by atoms with Crippen molar-refractivity contribution in [1.29, 1.82) is 0 Å². The molecule has 4 heteroatoms. The summed E-state index contributed by atoms with van der Waals surface area (Å²) in [7, 11) is 0. The number of carboxylic acid groups (broad SMARTS) is 1. The molecule has 196 valence electrons. The van der Waals surface area contributed by atoms with Crippen LogP contribution in [-0.2, 0) is 14.3 Å². The summed E-state index contributed by atoms with van der Waals surface area (Å²) in [6.45, 7) is 2.86. The van der Waals surface area contributed by atoms with E-state index in [1.807, 2.05) is 0 Å². The van der Waals surface area contributed by atoms with E-state index in [0.29, 0.717) is 19.4 Å². The van der Waals surface area contributed by atoms with Crippen molar-refractivity contribution in [3.05, 3.63) is 0 Å². The topological polar surface area (TPSA) is 63.6 Å². The van der Waals surface area contributed by atoms with E-state index in [1.54, 1.807) is 0 Å². The molecular formula is C29H56O4. The molecule has 0 spiro atoms. The highest BCUT2D eigenvalue weighted by Crippen LogP contribution is 2.14. The Kier molecular flexibility index (Phi) is 26.3. The molecule has 0 heterocycles. The number of carboxylic acids is 1. The molecule has 0 aliphatic carbocycles. The Morgan fingerprint density at radius 3 is 1.21 bits per heavy atom. The van der Waals surface area contributed by atoms with Crippen molar-refractivity contribution in [3.8, 4) is 0 Å². The molecule has 0 saturated heterocycles. The highest BCUT2D eigenvalue weighted by Gasteiger charge is 2.02. The lowest BCUT2D eigenvalue weighted by Gasteiger charge is -2.06. The second-order valence-corrected chi connectivity index (χ2v) is 9.89. The fraction of sp³-hybridized carbons (Fsp3) is 0.931. The van der Waals surface area contributed by atoms with Crippen molar-refractivity contribution in [2.24, 2.45) is 0 Å². The summed E-state index contributed by atoms with van der Waals surface area (Å²) in [5, 5.41) is 8.60. The number of unbranched alkanes of at least 4 members (excludes halogenated alkanes) is 21. The number of aliphatic carboxylic acids is 1. The summed E-state index contributed by atoms with van der Waals surface area (Å²) in [6, 6.07) is 0. The van der Waals surface area contributed by atoms with Crippen molar-refractivity contribution in [2.75, 3.05) is 6.61 Å². The summed E-state index contributed by atoms with van der Waals surface area (Å²) in [4.78, 5) is 22.2. The third-order valence-electron chi connectivity index (χ3n) is 6.53. The van der Waals surface area contributed by atoms with Gasteiger partial charge in [0, 0.05) is 12.8 Å². The minimum absolute atomic E-state index is 0.00166. The number of esters is 1. The van der Waals surface area contributed by atoms with Crippen molar-refractivity contribution >= 4 is 11.9 Å². The molecule has 0 saturated carbocycles. The number of hydrogen-bond donors (Lipinski definition) is 1. The van der Waals surface area contributed by atoms with Gasteiger partial charge in [0.05, 0.1) is 6.61 Å². The van der Waals surface area contributed by atoms with Gasteiger partial charge >= 0.3 is 11.9 Å². The Hall–Kier alpha value is -1.06. The first-order valence-electron chi connectivity index (χ1n) is 14.5. The summed E-state index contributed by atoms with van der Waals surface area (Å²) in [6.07, 6.45) is 29.5. The fourth-order valence-corrected chi connectivity index (χ4v) is 4.34. The molecule has 0 bridgehead atoms. The van der Waals surface area contributed by atoms with Crippen LogP contribution in [0.15, 0.2) is 0 Å². The first-order chi connectivity index (χ1) is 16.2. The molecule has 0 fully saturated rings. The highest BCUT2D eigenvalue weighted by molar-refractivity contribution is 5.69. The Labute approximate surface area is 205 Å². The van der Waals surface area contributed by atoms with Gasteiger partial charge in [-0.25, -0.2) is 0 Å². The van der Waals surface area contributed by atoms with Gasteiger partial charge in [0.2, 0.25) is 0 Å². The van der Waals surface area contributed by atoms with E-state index in [-0.39, 0.29) is 5.97 Å². The predicted octanol–water partition coefficient (Wildman–Crippen LogP) is 9.39. The van der Waals surface area contributed by atoms with Crippen LogP contribution in [0.25, 0.3) is 0 Å². The van der Waals surface area contributed by atoms with Gasteiger partial charge in [-0.2, -0.15) is 0 Å². The average molecular weight is 469 g/mol. The molecule has 0 rings (SSSR count). The zero-order chi connectivity index (χ0) is 24.2. The number of carbonyl (C=O) groups excluding carboxylic acids is 1. The van der Waals surface area contributed by atoms with Crippen LogP contribution in [0.1, 0.15) is 167 Å². The molecule has 0 aromatic heterocycles. The molecule has 33 heavy (non-hydrogen) atoms. The first kappa shape index (κ1) is 31.9. The van der Waals surface area contributed by atoms with E-state index in [4.69, 9.17) is 9.84 Å². The van der Waals surface area contributed by atoms with Gasteiger partial charge in [-0.3, -0.25) is 9.59 Å². The Balaban J connectivity index is 3.14. The monoisotopic (exact) mass is 468 g/mol. The highest BCUT2D eigenvalue weighted by atomic mass is 16.5. The maximum absolute atomic E-state index is 11.8. The maximum Gasteiger partial charge on any atom is 0.305 e.